The molecular formula is C11H16O2. The largest absolute Gasteiger partial charge is 0.299 e. The summed E-state index contributed by atoms with van der Waals surface area (Å²) in [5.41, 5.74) is 0.149. The van der Waals surface area contributed by atoms with Crippen LogP contribution in [0.15, 0.2) is 12.2 Å². The van der Waals surface area contributed by atoms with Gasteiger partial charge in [0.15, 0.2) is 0 Å². The molecule has 2 heteroatoms. The molecule has 1 aliphatic rings. The van der Waals surface area contributed by atoms with E-state index in [1.165, 1.54) is 0 Å². The first-order valence-corrected chi connectivity index (χ1v) is 4.68. The Hall–Kier alpha value is -0.920. The molecule has 0 aromatic carbocycles. The smallest absolute Gasteiger partial charge is 0.146 e. The summed E-state index contributed by atoms with van der Waals surface area (Å²) < 4.78 is 0. The third kappa shape index (κ3) is 1.87. The van der Waals surface area contributed by atoms with Crippen molar-refractivity contribution in [2.45, 2.75) is 39.5 Å². The minimum Gasteiger partial charge on any atom is -0.299 e. The number of ketones is 2. The van der Waals surface area contributed by atoms with Crippen LogP contribution in [-0.2, 0) is 9.59 Å². The van der Waals surface area contributed by atoms with Crippen LogP contribution in [0.4, 0.5) is 0 Å². The van der Waals surface area contributed by atoms with Crippen LogP contribution in [-0.4, -0.2) is 11.6 Å². The summed E-state index contributed by atoms with van der Waals surface area (Å²) >= 11 is 0. The number of carbonyl (C=O) groups is 2. The maximum Gasteiger partial charge on any atom is 0.146 e. The average molecular weight is 180 g/mol. The van der Waals surface area contributed by atoms with Crippen molar-refractivity contribution in [1.82, 2.24) is 0 Å². The van der Waals surface area contributed by atoms with Crippen molar-refractivity contribution < 1.29 is 9.59 Å². The van der Waals surface area contributed by atoms with E-state index in [1.54, 1.807) is 6.92 Å². The topological polar surface area (TPSA) is 34.1 Å². The van der Waals surface area contributed by atoms with Crippen LogP contribution < -0.4 is 0 Å². The van der Waals surface area contributed by atoms with Crippen LogP contribution in [0.3, 0.4) is 0 Å². The number of rotatable bonds is 2. The van der Waals surface area contributed by atoms with Crippen LogP contribution in [0.2, 0.25) is 0 Å². The Bertz CT molecular complexity index is 247. The second-order valence-electron chi connectivity index (χ2n) is 4.17. The Morgan fingerprint density at radius 1 is 1.38 bits per heavy atom. The van der Waals surface area contributed by atoms with Crippen molar-refractivity contribution in [3.05, 3.63) is 12.2 Å². The van der Waals surface area contributed by atoms with E-state index in [1.807, 2.05) is 6.92 Å². The lowest BCUT2D eigenvalue weighted by Crippen LogP contribution is -2.39. The second-order valence-corrected chi connectivity index (χ2v) is 4.17. The van der Waals surface area contributed by atoms with E-state index in [2.05, 4.69) is 6.58 Å². The molecule has 0 atom stereocenters. The maximum atomic E-state index is 11.6. The Morgan fingerprint density at radius 3 is 2.23 bits per heavy atom. The van der Waals surface area contributed by atoms with Crippen molar-refractivity contribution in [3.8, 4) is 0 Å². The molecule has 0 amide bonds. The van der Waals surface area contributed by atoms with E-state index in [-0.39, 0.29) is 11.6 Å². The van der Waals surface area contributed by atoms with Crippen LogP contribution in [0.1, 0.15) is 39.5 Å². The van der Waals surface area contributed by atoms with Crippen molar-refractivity contribution >= 4 is 11.6 Å². The second kappa shape index (κ2) is 3.44. The van der Waals surface area contributed by atoms with Gasteiger partial charge in [-0.2, -0.15) is 0 Å². The van der Waals surface area contributed by atoms with Gasteiger partial charge in [-0.25, -0.2) is 0 Å². The Balaban J connectivity index is 2.87. The van der Waals surface area contributed by atoms with Gasteiger partial charge in [-0.3, -0.25) is 9.59 Å². The minimum absolute atomic E-state index is 0.0896. The van der Waals surface area contributed by atoms with Crippen molar-refractivity contribution in [2.75, 3.05) is 0 Å². The molecule has 1 fully saturated rings. The van der Waals surface area contributed by atoms with E-state index in [9.17, 15) is 9.59 Å². The van der Waals surface area contributed by atoms with Gasteiger partial charge >= 0.3 is 0 Å². The predicted molar refractivity (Wildman–Crippen MR) is 51.4 cm³/mol. The zero-order valence-electron chi connectivity index (χ0n) is 8.35. The number of hydrogen-bond donors (Lipinski definition) is 0. The molecular weight excluding hydrogens is 164 g/mol. The molecule has 0 aromatic heterocycles. The minimum atomic E-state index is -0.760. The fourth-order valence-electron chi connectivity index (χ4n) is 1.92. The monoisotopic (exact) mass is 180 g/mol. The third-order valence-corrected chi connectivity index (χ3v) is 2.69. The third-order valence-electron chi connectivity index (χ3n) is 2.69. The summed E-state index contributed by atoms with van der Waals surface area (Å²) in [5.74, 6) is 0.179. The molecule has 0 N–H and O–H groups in total. The first-order valence-electron chi connectivity index (χ1n) is 4.68. The summed E-state index contributed by atoms with van der Waals surface area (Å²) in [6.07, 6.45) is 2.35. The standard InChI is InChI=1S/C11H16O2/c1-8(2)7-11(3)9(12)5-4-6-10(11)13/h1,4-7H2,2-3H3. The predicted octanol–water partition coefficient (Wildman–Crippen LogP) is 2.28. The van der Waals surface area contributed by atoms with Crippen LogP contribution in [0.25, 0.3) is 0 Å². The highest BCUT2D eigenvalue weighted by Crippen LogP contribution is 2.34. The molecule has 0 radical (unpaired) electrons. The van der Waals surface area contributed by atoms with E-state index in [0.717, 1.165) is 12.0 Å². The maximum absolute atomic E-state index is 11.6. The van der Waals surface area contributed by atoms with Gasteiger partial charge in [0.25, 0.3) is 0 Å². The van der Waals surface area contributed by atoms with Crippen molar-refractivity contribution in [1.29, 1.82) is 0 Å². The lowest BCUT2D eigenvalue weighted by atomic mass is 9.70. The fourth-order valence-corrected chi connectivity index (χ4v) is 1.92. The first-order chi connectivity index (χ1) is 5.97. The molecule has 0 saturated heterocycles. The highest BCUT2D eigenvalue weighted by molar-refractivity contribution is 6.08. The molecule has 72 valence electrons. The molecule has 1 rings (SSSR count). The Labute approximate surface area is 79.0 Å². The van der Waals surface area contributed by atoms with Gasteiger partial charge in [0.05, 0.1) is 5.41 Å². The number of allylic oxidation sites excluding steroid dienone is 1. The van der Waals surface area contributed by atoms with Crippen molar-refractivity contribution in [3.63, 3.8) is 0 Å². The molecule has 0 bridgehead atoms. The van der Waals surface area contributed by atoms with Crippen LogP contribution in [0.5, 0.6) is 0 Å². The highest BCUT2D eigenvalue weighted by atomic mass is 16.2. The number of Topliss-reactive ketones (excluding diaryl/α,β-unsaturated/α-hetero) is 2. The SMILES string of the molecule is C=C(C)CC1(C)C(=O)CCCC1=O. The van der Waals surface area contributed by atoms with Gasteiger partial charge in [-0.05, 0) is 26.7 Å². The summed E-state index contributed by atoms with van der Waals surface area (Å²) in [7, 11) is 0. The Kier molecular flexibility index (Phi) is 2.69. The van der Waals surface area contributed by atoms with E-state index < -0.39 is 5.41 Å². The zero-order valence-corrected chi connectivity index (χ0v) is 8.35. The molecule has 13 heavy (non-hydrogen) atoms. The van der Waals surface area contributed by atoms with Gasteiger partial charge < -0.3 is 0 Å². The molecule has 0 spiro atoms. The summed E-state index contributed by atoms with van der Waals surface area (Å²) in [6.45, 7) is 7.38. The van der Waals surface area contributed by atoms with Gasteiger partial charge in [-0.15, -0.1) is 6.58 Å². The number of carbonyl (C=O) groups excluding carboxylic acids is 2. The lowest BCUT2D eigenvalue weighted by Gasteiger charge is -2.30. The quantitative estimate of drug-likeness (QED) is 0.482. The molecule has 1 saturated carbocycles. The molecule has 0 unspecified atom stereocenters. The summed E-state index contributed by atoms with van der Waals surface area (Å²) in [4.78, 5) is 23.2. The first kappa shape index (κ1) is 10.2. The Morgan fingerprint density at radius 2 is 1.85 bits per heavy atom. The van der Waals surface area contributed by atoms with Gasteiger partial charge in [-0.1, -0.05) is 5.57 Å². The molecule has 0 aliphatic heterocycles. The zero-order chi connectivity index (χ0) is 10.1. The lowest BCUT2D eigenvalue weighted by molar-refractivity contribution is -0.142. The summed E-state index contributed by atoms with van der Waals surface area (Å²) in [5, 5.41) is 0. The highest BCUT2D eigenvalue weighted by Gasteiger charge is 2.41. The summed E-state index contributed by atoms with van der Waals surface area (Å²) in [6, 6.07) is 0. The van der Waals surface area contributed by atoms with Gasteiger partial charge in [0.1, 0.15) is 11.6 Å². The van der Waals surface area contributed by atoms with E-state index in [4.69, 9.17) is 0 Å². The van der Waals surface area contributed by atoms with E-state index in [0.29, 0.717) is 19.3 Å². The number of hydrogen-bond acceptors (Lipinski definition) is 2. The molecule has 0 aromatic rings. The van der Waals surface area contributed by atoms with Crippen LogP contribution >= 0.6 is 0 Å². The van der Waals surface area contributed by atoms with Gasteiger partial charge in [0.2, 0.25) is 0 Å². The molecule has 2 nitrogen and oxygen atoms in total. The van der Waals surface area contributed by atoms with Gasteiger partial charge in [0, 0.05) is 12.8 Å². The average Bonchev–Trinajstić information content (AvgIpc) is 1.99. The van der Waals surface area contributed by atoms with Crippen molar-refractivity contribution in [2.24, 2.45) is 5.41 Å². The molecule has 1 aliphatic carbocycles. The van der Waals surface area contributed by atoms with Crippen LogP contribution in [0, 0.1) is 5.41 Å². The molecule has 0 heterocycles. The van der Waals surface area contributed by atoms with E-state index >= 15 is 0 Å². The normalized spacial score (nSPS) is 21.7. The fraction of sp³-hybridized carbons (Fsp3) is 0.636.